The first-order valence-corrected chi connectivity index (χ1v) is 6.55. The average molecular weight is 242 g/mol. The zero-order valence-electron chi connectivity index (χ0n) is 11.4. The molecule has 0 amide bonds. The molecule has 0 unspecified atom stereocenters. The van der Waals surface area contributed by atoms with E-state index in [4.69, 9.17) is 10.5 Å². The maximum absolute atomic E-state index is 11.7. The molecule has 1 rings (SSSR count). The zero-order valence-corrected chi connectivity index (χ0v) is 11.4. The fraction of sp³-hybridized carbons (Fsp3) is 0.923. The Morgan fingerprint density at radius 2 is 1.94 bits per heavy atom. The van der Waals surface area contributed by atoms with Gasteiger partial charge in [-0.15, -0.1) is 0 Å². The van der Waals surface area contributed by atoms with Crippen LogP contribution >= 0.6 is 0 Å². The quantitative estimate of drug-likeness (QED) is 0.757. The maximum atomic E-state index is 11.7. The number of ether oxygens (including phenoxy) is 1. The Morgan fingerprint density at radius 3 is 2.41 bits per heavy atom. The first kappa shape index (κ1) is 14.5. The highest BCUT2D eigenvalue weighted by molar-refractivity contribution is 5.72. The van der Waals surface area contributed by atoms with Crippen LogP contribution in [0.25, 0.3) is 0 Å². The van der Waals surface area contributed by atoms with Crippen molar-refractivity contribution >= 4 is 5.97 Å². The first-order valence-electron chi connectivity index (χ1n) is 6.55. The molecule has 1 heterocycles. The summed E-state index contributed by atoms with van der Waals surface area (Å²) in [6.45, 7) is 8.88. The minimum atomic E-state index is -0.380. The number of hydrogen-bond acceptors (Lipinski definition) is 4. The molecule has 0 aliphatic carbocycles. The van der Waals surface area contributed by atoms with Crippen molar-refractivity contribution < 1.29 is 9.53 Å². The molecule has 4 nitrogen and oxygen atoms in total. The van der Waals surface area contributed by atoms with Gasteiger partial charge in [0, 0.05) is 0 Å². The molecule has 2 N–H and O–H groups in total. The van der Waals surface area contributed by atoms with Gasteiger partial charge in [-0.25, -0.2) is 0 Å². The summed E-state index contributed by atoms with van der Waals surface area (Å²) in [5, 5.41) is 0. The molecule has 0 atom stereocenters. The van der Waals surface area contributed by atoms with Gasteiger partial charge in [-0.3, -0.25) is 9.69 Å². The molecule has 1 saturated heterocycles. The monoisotopic (exact) mass is 242 g/mol. The minimum Gasteiger partial charge on any atom is -0.459 e. The predicted molar refractivity (Wildman–Crippen MR) is 68.7 cm³/mol. The Morgan fingerprint density at radius 1 is 1.35 bits per heavy atom. The first-order chi connectivity index (χ1) is 7.90. The van der Waals surface area contributed by atoms with Crippen LogP contribution in [0.2, 0.25) is 0 Å². The van der Waals surface area contributed by atoms with Crippen LogP contribution in [0.5, 0.6) is 0 Å². The van der Waals surface area contributed by atoms with E-state index in [1.165, 1.54) is 0 Å². The van der Waals surface area contributed by atoms with E-state index in [2.05, 4.69) is 4.90 Å². The molecule has 100 valence electrons. The van der Waals surface area contributed by atoms with E-state index in [1.807, 2.05) is 20.8 Å². The van der Waals surface area contributed by atoms with E-state index in [9.17, 15) is 4.79 Å². The van der Waals surface area contributed by atoms with Crippen LogP contribution in [-0.2, 0) is 9.53 Å². The highest BCUT2D eigenvalue weighted by atomic mass is 16.6. The van der Waals surface area contributed by atoms with E-state index in [0.717, 1.165) is 44.8 Å². The van der Waals surface area contributed by atoms with E-state index in [-0.39, 0.29) is 11.6 Å². The third-order valence-electron chi connectivity index (χ3n) is 3.05. The second kappa shape index (κ2) is 6.36. The third-order valence-corrected chi connectivity index (χ3v) is 3.05. The number of likely N-dealkylation sites (tertiary alicyclic amines) is 1. The largest absolute Gasteiger partial charge is 0.459 e. The van der Waals surface area contributed by atoms with Crippen molar-refractivity contribution in [1.82, 2.24) is 4.90 Å². The summed E-state index contributed by atoms with van der Waals surface area (Å²) in [4.78, 5) is 13.8. The van der Waals surface area contributed by atoms with Crippen molar-refractivity contribution in [2.75, 3.05) is 26.2 Å². The molecule has 4 heteroatoms. The second-order valence-electron chi connectivity index (χ2n) is 5.88. The maximum Gasteiger partial charge on any atom is 0.320 e. The molecule has 1 aliphatic rings. The standard InChI is InChI=1S/C13H26N2O2/c1-13(2,3)17-12(16)10-15-8-5-11(4-7-14)6-9-15/h11H,4-10,14H2,1-3H3. The number of nitrogens with zero attached hydrogens (tertiary/aromatic N) is 1. The van der Waals surface area contributed by atoms with Gasteiger partial charge in [0.25, 0.3) is 0 Å². The highest BCUT2D eigenvalue weighted by Gasteiger charge is 2.23. The summed E-state index contributed by atoms with van der Waals surface area (Å²) in [5.41, 5.74) is 5.18. The molecule has 0 spiro atoms. The normalized spacial score (nSPS) is 19.3. The highest BCUT2D eigenvalue weighted by Crippen LogP contribution is 2.19. The fourth-order valence-electron chi connectivity index (χ4n) is 2.23. The number of piperidine rings is 1. The van der Waals surface area contributed by atoms with E-state index in [0.29, 0.717) is 6.54 Å². The lowest BCUT2D eigenvalue weighted by Gasteiger charge is -2.31. The summed E-state index contributed by atoms with van der Waals surface area (Å²) < 4.78 is 5.31. The summed E-state index contributed by atoms with van der Waals surface area (Å²) in [5.74, 6) is 0.629. The number of carbonyl (C=O) groups is 1. The molecule has 0 aromatic carbocycles. The Labute approximate surface area is 104 Å². The van der Waals surface area contributed by atoms with Gasteiger partial charge in [0.05, 0.1) is 6.54 Å². The molecule has 0 saturated carbocycles. The summed E-state index contributed by atoms with van der Waals surface area (Å²) >= 11 is 0. The van der Waals surface area contributed by atoms with Crippen LogP contribution in [0.3, 0.4) is 0 Å². The second-order valence-corrected chi connectivity index (χ2v) is 5.88. The van der Waals surface area contributed by atoms with Crippen molar-refractivity contribution in [3.8, 4) is 0 Å². The molecule has 0 radical (unpaired) electrons. The minimum absolute atomic E-state index is 0.116. The van der Waals surface area contributed by atoms with E-state index in [1.54, 1.807) is 0 Å². The van der Waals surface area contributed by atoms with Crippen molar-refractivity contribution in [2.24, 2.45) is 11.7 Å². The fourth-order valence-corrected chi connectivity index (χ4v) is 2.23. The van der Waals surface area contributed by atoms with E-state index >= 15 is 0 Å². The molecule has 1 aliphatic heterocycles. The van der Waals surface area contributed by atoms with Gasteiger partial charge in [0.2, 0.25) is 0 Å². The molecule has 17 heavy (non-hydrogen) atoms. The van der Waals surface area contributed by atoms with Crippen LogP contribution in [0, 0.1) is 5.92 Å². The van der Waals surface area contributed by atoms with Crippen molar-refractivity contribution in [3.63, 3.8) is 0 Å². The van der Waals surface area contributed by atoms with Crippen molar-refractivity contribution in [1.29, 1.82) is 0 Å². The van der Waals surface area contributed by atoms with Gasteiger partial charge in [-0.2, -0.15) is 0 Å². The Bertz CT molecular complexity index is 240. The van der Waals surface area contributed by atoms with Crippen molar-refractivity contribution in [2.45, 2.75) is 45.6 Å². The number of carbonyl (C=O) groups excluding carboxylic acids is 1. The summed E-state index contributed by atoms with van der Waals surface area (Å²) in [6, 6.07) is 0. The van der Waals surface area contributed by atoms with Crippen molar-refractivity contribution in [3.05, 3.63) is 0 Å². The molecule has 1 fully saturated rings. The SMILES string of the molecule is CC(C)(C)OC(=O)CN1CCC(CCN)CC1. The molecule has 0 aromatic heterocycles. The van der Waals surface area contributed by atoms with Gasteiger partial charge in [-0.05, 0) is 65.6 Å². The predicted octanol–water partition coefficient (Wildman–Crippen LogP) is 1.39. The molecule has 0 aromatic rings. The average Bonchev–Trinajstić information content (AvgIpc) is 2.18. The zero-order chi connectivity index (χ0) is 12.9. The lowest BCUT2D eigenvalue weighted by atomic mass is 9.94. The number of hydrogen-bond donors (Lipinski definition) is 1. The van der Waals surface area contributed by atoms with Gasteiger partial charge < -0.3 is 10.5 Å². The van der Waals surface area contributed by atoms with Crippen LogP contribution in [0.1, 0.15) is 40.0 Å². The third kappa shape index (κ3) is 6.03. The van der Waals surface area contributed by atoms with Gasteiger partial charge in [0.1, 0.15) is 5.60 Å². The summed E-state index contributed by atoms with van der Waals surface area (Å²) in [7, 11) is 0. The number of esters is 1. The van der Waals surface area contributed by atoms with Gasteiger partial charge in [-0.1, -0.05) is 0 Å². The molecule has 0 bridgehead atoms. The topological polar surface area (TPSA) is 55.6 Å². The molecular weight excluding hydrogens is 216 g/mol. The Kier molecular flexibility index (Phi) is 5.40. The van der Waals surface area contributed by atoms with E-state index < -0.39 is 0 Å². The lowest BCUT2D eigenvalue weighted by Crippen LogP contribution is -2.40. The number of nitrogens with two attached hydrogens (primary N) is 1. The Balaban J connectivity index is 2.24. The van der Waals surface area contributed by atoms with Gasteiger partial charge in [0.15, 0.2) is 0 Å². The summed E-state index contributed by atoms with van der Waals surface area (Å²) in [6.07, 6.45) is 3.42. The van der Waals surface area contributed by atoms with Crippen LogP contribution < -0.4 is 5.73 Å². The van der Waals surface area contributed by atoms with Crippen LogP contribution in [0.15, 0.2) is 0 Å². The smallest absolute Gasteiger partial charge is 0.320 e. The Hall–Kier alpha value is -0.610. The number of rotatable bonds is 4. The molecular formula is C13H26N2O2. The van der Waals surface area contributed by atoms with Gasteiger partial charge >= 0.3 is 5.97 Å². The lowest BCUT2D eigenvalue weighted by molar-refractivity contribution is -0.156. The van der Waals surface area contributed by atoms with Crippen LogP contribution in [0.4, 0.5) is 0 Å². The van der Waals surface area contributed by atoms with Crippen LogP contribution in [-0.4, -0.2) is 42.6 Å².